The van der Waals surface area contributed by atoms with Gasteiger partial charge in [0.15, 0.2) is 0 Å². The largest absolute Gasteiger partial charge is 0.351 e. The summed E-state index contributed by atoms with van der Waals surface area (Å²) in [4.78, 5) is 20.8. The molecule has 1 heterocycles. The molecule has 23 heavy (non-hydrogen) atoms. The lowest BCUT2D eigenvalue weighted by Gasteiger charge is -2.22. The zero-order valence-corrected chi connectivity index (χ0v) is 13.8. The first-order valence-electron chi connectivity index (χ1n) is 7.50. The summed E-state index contributed by atoms with van der Waals surface area (Å²) in [6.45, 7) is 10.5. The molecule has 0 atom stereocenters. The summed E-state index contributed by atoms with van der Waals surface area (Å²) in [5.74, 6) is 0.146. The van der Waals surface area contributed by atoms with Gasteiger partial charge in [-0.1, -0.05) is 45.0 Å². The number of amides is 1. The monoisotopic (exact) mass is 310 g/mol. The molecule has 2 N–H and O–H groups in total. The molecule has 0 radical (unpaired) electrons. The summed E-state index contributed by atoms with van der Waals surface area (Å²) in [6.07, 6.45) is 3.26. The fourth-order valence-corrected chi connectivity index (χ4v) is 2.17. The highest BCUT2D eigenvalue weighted by Gasteiger charge is 2.19. The van der Waals surface area contributed by atoms with Gasteiger partial charge in [-0.3, -0.25) is 4.79 Å². The molecule has 0 saturated carbocycles. The van der Waals surface area contributed by atoms with Crippen LogP contribution in [-0.2, 0) is 5.41 Å². The molecule has 0 aliphatic heterocycles. The summed E-state index contributed by atoms with van der Waals surface area (Å²) in [5.41, 5.74) is 2.12. The van der Waals surface area contributed by atoms with E-state index in [-0.39, 0.29) is 11.3 Å². The second kappa shape index (κ2) is 7.05. The summed E-state index contributed by atoms with van der Waals surface area (Å²) in [5, 5.41) is 5.91. The number of aromatic nitrogens is 2. The second-order valence-electron chi connectivity index (χ2n) is 6.18. The number of carbonyl (C=O) groups is 1. The highest BCUT2D eigenvalue weighted by molar-refractivity contribution is 6.03. The predicted molar refractivity (Wildman–Crippen MR) is 93.8 cm³/mol. The lowest BCUT2D eigenvalue weighted by Crippen LogP contribution is -2.20. The number of anilines is 2. The van der Waals surface area contributed by atoms with Crippen LogP contribution in [-0.4, -0.2) is 22.4 Å². The summed E-state index contributed by atoms with van der Waals surface area (Å²) in [7, 11) is 0. The van der Waals surface area contributed by atoms with E-state index in [0.717, 1.165) is 11.3 Å². The topological polar surface area (TPSA) is 66.9 Å². The predicted octanol–water partition coefficient (Wildman–Crippen LogP) is 3.62. The molecule has 1 aromatic carbocycles. The Morgan fingerprint density at radius 3 is 2.70 bits per heavy atom. The Morgan fingerprint density at radius 2 is 2.00 bits per heavy atom. The smallest absolute Gasteiger partial charge is 0.274 e. The zero-order valence-electron chi connectivity index (χ0n) is 13.8. The van der Waals surface area contributed by atoms with Crippen LogP contribution in [0.5, 0.6) is 0 Å². The fraction of sp³-hybridized carbons (Fsp3) is 0.278. The lowest BCUT2D eigenvalue weighted by atomic mass is 9.86. The molecule has 0 aliphatic rings. The van der Waals surface area contributed by atoms with E-state index in [1.807, 2.05) is 24.3 Å². The SMILES string of the molecule is C=CCNc1nccc(C(=O)Nc2ccccc2C(C)(C)C)n1. The normalized spacial score (nSPS) is 10.9. The van der Waals surface area contributed by atoms with Crippen molar-refractivity contribution in [2.24, 2.45) is 0 Å². The standard InChI is InChI=1S/C18H22N4O/c1-5-11-19-17-20-12-10-15(22-17)16(23)21-14-9-7-6-8-13(14)18(2,3)4/h5-10,12H,1,11H2,2-4H3,(H,21,23)(H,19,20,22). The summed E-state index contributed by atoms with van der Waals surface area (Å²) in [6, 6.07) is 9.39. The van der Waals surface area contributed by atoms with Crippen LogP contribution in [0.2, 0.25) is 0 Å². The Bertz CT molecular complexity index is 704. The maximum Gasteiger partial charge on any atom is 0.274 e. The van der Waals surface area contributed by atoms with Crippen LogP contribution in [0, 0.1) is 0 Å². The van der Waals surface area contributed by atoms with Crippen molar-refractivity contribution in [1.29, 1.82) is 0 Å². The van der Waals surface area contributed by atoms with Gasteiger partial charge < -0.3 is 10.6 Å². The van der Waals surface area contributed by atoms with Crippen LogP contribution >= 0.6 is 0 Å². The number of rotatable bonds is 5. The van der Waals surface area contributed by atoms with Crippen LogP contribution in [0.15, 0.2) is 49.2 Å². The minimum atomic E-state index is -0.259. The molecule has 0 unspecified atom stereocenters. The van der Waals surface area contributed by atoms with Crippen LogP contribution in [0.1, 0.15) is 36.8 Å². The fourth-order valence-electron chi connectivity index (χ4n) is 2.17. The average Bonchev–Trinajstić information content (AvgIpc) is 2.52. The molecule has 2 rings (SSSR count). The second-order valence-corrected chi connectivity index (χ2v) is 6.18. The van der Waals surface area contributed by atoms with Gasteiger partial charge in [0, 0.05) is 18.4 Å². The van der Waals surface area contributed by atoms with E-state index in [1.165, 1.54) is 0 Å². The molecule has 1 amide bonds. The van der Waals surface area contributed by atoms with Crippen LogP contribution in [0.3, 0.4) is 0 Å². The van der Waals surface area contributed by atoms with Gasteiger partial charge in [0.05, 0.1) is 0 Å². The average molecular weight is 310 g/mol. The van der Waals surface area contributed by atoms with E-state index in [1.54, 1.807) is 18.3 Å². The number of carbonyl (C=O) groups excluding carboxylic acids is 1. The van der Waals surface area contributed by atoms with Crippen molar-refractivity contribution < 1.29 is 4.79 Å². The van der Waals surface area contributed by atoms with E-state index in [4.69, 9.17) is 0 Å². The minimum Gasteiger partial charge on any atom is -0.351 e. The van der Waals surface area contributed by atoms with Crippen molar-refractivity contribution in [3.8, 4) is 0 Å². The molecule has 2 aromatic rings. The van der Waals surface area contributed by atoms with E-state index >= 15 is 0 Å². The Hall–Kier alpha value is -2.69. The first-order chi connectivity index (χ1) is 10.9. The van der Waals surface area contributed by atoms with Crippen LogP contribution in [0.4, 0.5) is 11.6 Å². The molecule has 5 heteroatoms. The Morgan fingerprint density at radius 1 is 1.26 bits per heavy atom. The van der Waals surface area contributed by atoms with Crippen molar-refractivity contribution in [3.05, 3.63) is 60.4 Å². The Labute approximate surface area is 136 Å². The molecule has 0 aliphatic carbocycles. The number of para-hydroxylation sites is 1. The molecular weight excluding hydrogens is 288 g/mol. The first-order valence-corrected chi connectivity index (χ1v) is 7.50. The van der Waals surface area contributed by atoms with Crippen molar-refractivity contribution in [3.63, 3.8) is 0 Å². The van der Waals surface area contributed by atoms with Gasteiger partial charge in [0.2, 0.25) is 5.95 Å². The first kappa shape index (κ1) is 16.7. The maximum absolute atomic E-state index is 12.5. The molecule has 1 aromatic heterocycles. The van der Waals surface area contributed by atoms with Gasteiger partial charge in [0.1, 0.15) is 5.69 Å². The maximum atomic E-state index is 12.5. The molecule has 0 bridgehead atoms. The van der Waals surface area contributed by atoms with Crippen LogP contribution < -0.4 is 10.6 Å². The Kier molecular flexibility index (Phi) is 5.11. The third kappa shape index (κ3) is 4.39. The van der Waals surface area contributed by atoms with Gasteiger partial charge in [-0.05, 0) is 23.1 Å². The minimum absolute atomic E-state index is 0.0633. The molecule has 5 nitrogen and oxygen atoms in total. The molecule has 0 saturated heterocycles. The highest BCUT2D eigenvalue weighted by atomic mass is 16.1. The van der Waals surface area contributed by atoms with Gasteiger partial charge in [-0.25, -0.2) is 9.97 Å². The summed E-state index contributed by atoms with van der Waals surface area (Å²) >= 11 is 0. The number of benzene rings is 1. The van der Waals surface area contributed by atoms with Crippen molar-refractivity contribution >= 4 is 17.5 Å². The quantitative estimate of drug-likeness (QED) is 0.828. The molecule has 120 valence electrons. The van der Waals surface area contributed by atoms with E-state index in [9.17, 15) is 4.79 Å². The van der Waals surface area contributed by atoms with E-state index < -0.39 is 0 Å². The Balaban J connectivity index is 2.21. The van der Waals surface area contributed by atoms with Gasteiger partial charge in [0.25, 0.3) is 5.91 Å². The molecular formula is C18H22N4O. The van der Waals surface area contributed by atoms with Gasteiger partial charge >= 0.3 is 0 Å². The van der Waals surface area contributed by atoms with Crippen molar-refractivity contribution in [2.75, 3.05) is 17.2 Å². The van der Waals surface area contributed by atoms with Gasteiger partial charge in [-0.2, -0.15) is 0 Å². The van der Waals surface area contributed by atoms with Gasteiger partial charge in [-0.15, -0.1) is 6.58 Å². The number of hydrogen-bond donors (Lipinski definition) is 2. The van der Waals surface area contributed by atoms with E-state index in [2.05, 4.69) is 48.0 Å². The molecule has 0 spiro atoms. The molecule has 0 fully saturated rings. The third-order valence-electron chi connectivity index (χ3n) is 3.28. The number of hydrogen-bond acceptors (Lipinski definition) is 4. The number of nitrogens with one attached hydrogen (secondary N) is 2. The highest BCUT2D eigenvalue weighted by Crippen LogP contribution is 2.29. The van der Waals surface area contributed by atoms with Crippen LogP contribution in [0.25, 0.3) is 0 Å². The summed E-state index contributed by atoms with van der Waals surface area (Å²) < 4.78 is 0. The third-order valence-corrected chi connectivity index (χ3v) is 3.28. The lowest BCUT2D eigenvalue weighted by molar-refractivity contribution is 0.102. The van der Waals surface area contributed by atoms with E-state index in [0.29, 0.717) is 18.2 Å². The zero-order chi connectivity index (χ0) is 16.9. The number of nitrogens with zero attached hydrogens (tertiary/aromatic N) is 2. The van der Waals surface area contributed by atoms with Crippen molar-refractivity contribution in [2.45, 2.75) is 26.2 Å². The van der Waals surface area contributed by atoms with Crippen molar-refractivity contribution in [1.82, 2.24) is 9.97 Å².